The molecule has 0 bridgehead atoms. The SMILES string of the molecule is CC(=O)c1oc2ccccc2c1C1=C(O)c2ccccc2C1=O. The summed E-state index contributed by atoms with van der Waals surface area (Å²) in [6.07, 6.45) is 0. The molecule has 1 aliphatic rings. The lowest BCUT2D eigenvalue weighted by atomic mass is 9.97. The van der Waals surface area contributed by atoms with Gasteiger partial charge in [-0.25, -0.2) is 0 Å². The van der Waals surface area contributed by atoms with E-state index in [1.165, 1.54) is 6.92 Å². The van der Waals surface area contributed by atoms with Crippen molar-refractivity contribution in [3.8, 4) is 0 Å². The van der Waals surface area contributed by atoms with E-state index in [0.29, 0.717) is 27.7 Å². The Labute approximate surface area is 131 Å². The molecule has 1 heterocycles. The second-order valence-electron chi connectivity index (χ2n) is 5.46. The van der Waals surface area contributed by atoms with Crippen molar-refractivity contribution in [1.82, 2.24) is 0 Å². The van der Waals surface area contributed by atoms with Crippen molar-refractivity contribution in [2.75, 3.05) is 0 Å². The third-order valence-electron chi connectivity index (χ3n) is 4.06. The first kappa shape index (κ1) is 13.5. The first-order chi connectivity index (χ1) is 11.1. The van der Waals surface area contributed by atoms with E-state index in [1.807, 2.05) is 0 Å². The number of carbonyl (C=O) groups excluding carboxylic acids is 2. The molecular formula is C19H12O4. The Balaban J connectivity index is 2.08. The summed E-state index contributed by atoms with van der Waals surface area (Å²) in [5.41, 5.74) is 1.91. The maximum Gasteiger partial charge on any atom is 0.198 e. The van der Waals surface area contributed by atoms with Crippen LogP contribution in [-0.2, 0) is 0 Å². The monoisotopic (exact) mass is 304 g/mol. The molecule has 1 aromatic heterocycles. The first-order valence-corrected chi connectivity index (χ1v) is 7.19. The number of aliphatic hydroxyl groups is 1. The topological polar surface area (TPSA) is 67.5 Å². The Hall–Kier alpha value is -3.14. The maximum absolute atomic E-state index is 12.8. The van der Waals surface area contributed by atoms with Crippen LogP contribution < -0.4 is 0 Å². The second-order valence-corrected chi connectivity index (χ2v) is 5.46. The molecule has 0 saturated heterocycles. The summed E-state index contributed by atoms with van der Waals surface area (Å²) in [5.74, 6) is -0.610. The molecule has 4 rings (SSSR count). The summed E-state index contributed by atoms with van der Waals surface area (Å²) in [7, 11) is 0. The van der Waals surface area contributed by atoms with Crippen LogP contribution in [0, 0.1) is 0 Å². The Morgan fingerprint density at radius 1 is 1.00 bits per heavy atom. The van der Waals surface area contributed by atoms with E-state index < -0.39 is 0 Å². The van der Waals surface area contributed by atoms with Crippen molar-refractivity contribution < 1.29 is 19.1 Å². The fourth-order valence-corrected chi connectivity index (χ4v) is 3.04. The molecule has 3 aromatic rings. The highest BCUT2D eigenvalue weighted by atomic mass is 16.3. The predicted molar refractivity (Wildman–Crippen MR) is 86.4 cm³/mol. The fraction of sp³-hybridized carbons (Fsp3) is 0.0526. The molecule has 0 saturated carbocycles. The van der Waals surface area contributed by atoms with Gasteiger partial charge in [0, 0.05) is 29.0 Å². The van der Waals surface area contributed by atoms with Gasteiger partial charge in [-0.2, -0.15) is 0 Å². The van der Waals surface area contributed by atoms with Crippen molar-refractivity contribution in [3.63, 3.8) is 0 Å². The number of hydrogen-bond acceptors (Lipinski definition) is 4. The number of Topliss-reactive ketones (excluding diaryl/α,β-unsaturated/α-hetero) is 2. The van der Waals surface area contributed by atoms with Gasteiger partial charge in [0.1, 0.15) is 11.3 Å². The highest BCUT2D eigenvalue weighted by Gasteiger charge is 2.35. The average molecular weight is 304 g/mol. The number of hydrogen-bond donors (Lipinski definition) is 1. The number of fused-ring (bicyclic) bond motifs is 2. The van der Waals surface area contributed by atoms with E-state index in [1.54, 1.807) is 48.5 Å². The van der Waals surface area contributed by atoms with Gasteiger partial charge in [0.25, 0.3) is 0 Å². The standard InChI is InChI=1S/C19H12O4/c1-10(20)19-15(13-8-4-5-9-14(13)23-19)16-17(21)11-6-2-3-7-12(11)18(16)22/h2-9,21H,1H3. The molecule has 0 atom stereocenters. The molecule has 1 N–H and O–H groups in total. The van der Waals surface area contributed by atoms with Gasteiger partial charge in [-0.15, -0.1) is 0 Å². The van der Waals surface area contributed by atoms with Crippen LogP contribution in [0.5, 0.6) is 0 Å². The number of furan rings is 1. The van der Waals surface area contributed by atoms with E-state index in [0.717, 1.165) is 0 Å². The molecule has 0 unspecified atom stereocenters. The highest BCUT2D eigenvalue weighted by molar-refractivity contribution is 6.41. The van der Waals surface area contributed by atoms with Crippen LogP contribution in [0.25, 0.3) is 22.3 Å². The fourth-order valence-electron chi connectivity index (χ4n) is 3.04. The lowest BCUT2D eigenvalue weighted by Gasteiger charge is -2.02. The molecule has 0 aliphatic heterocycles. The summed E-state index contributed by atoms with van der Waals surface area (Å²) in [5, 5.41) is 11.2. The minimum Gasteiger partial charge on any atom is -0.506 e. The van der Waals surface area contributed by atoms with Crippen LogP contribution in [0.4, 0.5) is 0 Å². The number of carbonyl (C=O) groups is 2. The molecule has 4 nitrogen and oxygen atoms in total. The Bertz CT molecular complexity index is 1020. The molecule has 4 heteroatoms. The Kier molecular flexibility index (Phi) is 2.75. The number of benzene rings is 2. The number of para-hydroxylation sites is 1. The van der Waals surface area contributed by atoms with Gasteiger partial charge in [0.05, 0.1) is 5.57 Å². The van der Waals surface area contributed by atoms with Crippen LogP contribution in [0.15, 0.2) is 52.9 Å². The molecule has 112 valence electrons. The summed E-state index contributed by atoms with van der Waals surface area (Å²) in [4.78, 5) is 24.7. The molecule has 23 heavy (non-hydrogen) atoms. The van der Waals surface area contributed by atoms with Crippen LogP contribution in [0.1, 0.15) is 39.0 Å². The van der Waals surface area contributed by atoms with Gasteiger partial charge in [-0.05, 0) is 6.07 Å². The summed E-state index contributed by atoms with van der Waals surface area (Å²) in [6, 6.07) is 13.9. The molecular weight excluding hydrogens is 292 g/mol. The summed E-state index contributed by atoms with van der Waals surface area (Å²) < 4.78 is 5.62. The molecule has 0 fully saturated rings. The van der Waals surface area contributed by atoms with Crippen LogP contribution in [0.2, 0.25) is 0 Å². The molecule has 0 amide bonds. The minimum atomic E-state index is -0.299. The molecule has 0 radical (unpaired) electrons. The van der Waals surface area contributed by atoms with Gasteiger partial charge in [-0.3, -0.25) is 9.59 Å². The van der Waals surface area contributed by atoms with Gasteiger partial charge in [0.2, 0.25) is 0 Å². The van der Waals surface area contributed by atoms with Crippen molar-refractivity contribution in [3.05, 3.63) is 71.0 Å². The lowest BCUT2D eigenvalue weighted by Crippen LogP contribution is -2.02. The second kappa shape index (κ2) is 4.68. The van der Waals surface area contributed by atoms with Crippen molar-refractivity contribution in [2.45, 2.75) is 6.92 Å². The van der Waals surface area contributed by atoms with Gasteiger partial charge < -0.3 is 9.52 Å². The molecule has 0 spiro atoms. The Morgan fingerprint density at radius 3 is 2.35 bits per heavy atom. The summed E-state index contributed by atoms with van der Waals surface area (Å²) in [6.45, 7) is 1.38. The Morgan fingerprint density at radius 2 is 1.65 bits per heavy atom. The van der Waals surface area contributed by atoms with Crippen molar-refractivity contribution in [1.29, 1.82) is 0 Å². The summed E-state index contributed by atoms with van der Waals surface area (Å²) >= 11 is 0. The highest BCUT2D eigenvalue weighted by Crippen LogP contribution is 2.41. The van der Waals surface area contributed by atoms with E-state index in [9.17, 15) is 14.7 Å². The van der Waals surface area contributed by atoms with E-state index >= 15 is 0 Å². The number of ketones is 2. The number of rotatable bonds is 2. The quantitative estimate of drug-likeness (QED) is 0.718. The third kappa shape index (κ3) is 1.78. The molecule has 1 aliphatic carbocycles. The van der Waals surface area contributed by atoms with Gasteiger partial charge in [0.15, 0.2) is 17.3 Å². The smallest absolute Gasteiger partial charge is 0.198 e. The van der Waals surface area contributed by atoms with Crippen molar-refractivity contribution in [2.24, 2.45) is 0 Å². The maximum atomic E-state index is 12.8. The largest absolute Gasteiger partial charge is 0.506 e. The number of aliphatic hydroxyl groups excluding tert-OH is 1. The van der Waals surface area contributed by atoms with Gasteiger partial charge in [-0.1, -0.05) is 42.5 Å². The van der Waals surface area contributed by atoms with E-state index in [2.05, 4.69) is 0 Å². The first-order valence-electron chi connectivity index (χ1n) is 7.19. The van der Waals surface area contributed by atoms with Crippen LogP contribution in [-0.4, -0.2) is 16.7 Å². The zero-order valence-electron chi connectivity index (χ0n) is 12.3. The third-order valence-corrected chi connectivity index (χ3v) is 4.06. The van der Waals surface area contributed by atoms with E-state index in [4.69, 9.17) is 4.42 Å². The predicted octanol–water partition coefficient (Wildman–Crippen LogP) is 4.26. The minimum absolute atomic E-state index is 0.0916. The average Bonchev–Trinajstić information content (AvgIpc) is 3.05. The van der Waals surface area contributed by atoms with Crippen LogP contribution >= 0.6 is 0 Å². The number of allylic oxidation sites excluding steroid dienone is 1. The zero-order chi connectivity index (χ0) is 16.1. The van der Waals surface area contributed by atoms with Crippen LogP contribution in [0.3, 0.4) is 0 Å². The lowest BCUT2D eigenvalue weighted by molar-refractivity contribution is 0.0989. The molecule has 2 aromatic carbocycles. The van der Waals surface area contributed by atoms with Crippen molar-refractivity contribution >= 4 is 33.9 Å². The van der Waals surface area contributed by atoms with Gasteiger partial charge >= 0.3 is 0 Å². The zero-order valence-corrected chi connectivity index (χ0v) is 12.3. The normalized spacial score (nSPS) is 13.7. The van der Waals surface area contributed by atoms with E-state index in [-0.39, 0.29) is 28.7 Å².